The van der Waals surface area contributed by atoms with Crippen molar-refractivity contribution in [2.24, 2.45) is 0 Å². The molecule has 0 radical (unpaired) electrons. The van der Waals surface area contributed by atoms with Crippen molar-refractivity contribution >= 4 is 103 Å². The predicted octanol–water partition coefficient (Wildman–Crippen LogP) is 9.57. The molecule has 2 aliphatic heterocycles. The number of likely N-dealkylation sites (N-methyl/N-ethyl adjacent to an activating group) is 1. The molecule has 3 amide bonds. The summed E-state index contributed by atoms with van der Waals surface area (Å²) in [5.41, 5.74) is 22.4. The molecule has 29 nitrogen and oxygen atoms in total. The van der Waals surface area contributed by atoms with Crippen LogP contribution in [-0.4, -0.2) is 161 Å². The van der Waals surface area contributed by atoms with E-state index >= 15 is 0 Å². The number of hydrogen-bond donors (Lipinski definition) is 6. The Kier molecular flexibility index (Phi) is 22.1. The van der Waals surface area contributed by atoms with Gasteiger partial charge in [-0.15, -0.1) is 0 Å². The molecule has 0 bridgehead atoms. The van der Waals surface area contributed by atoms with Gasteiger partial charge in [-0.2, -0.15) is 15.0 Å². The number of carbonyl (C=O) groups excluding carboxylic acids is 3. The topological polar surface area (TPSA) is 317 Å². The molecule has 6 aromatic heterocycles. The molecule has 3 aliphatic carbocycles. The molecule has 17 rings (SSSR count). The first-order valence-electron chi connectivity index (χ1n) is 37.2. The third kappa shape index (κ3) is 16.1. The van der Waals surface area contributed by atoms with Gasteiger partial charge in [-0.1, -0.05) is 36.4 Å². The molecule has 6 N–H and O–H groups in total. The van der Waals surface area contributed by atoms with Crippen LogP contribution < -0.4 is 63.4 Å². The first-order valence-corrected chi connectivity index (χ1v) is 37.2. The monoisotopic (exact) mass is 1510 g/mol. The van der Waals surface area contributed by atoms with Crippen molar-refractivity contribution < 1.29 is 33.6 Å². The molecule has 2 fully saturated rings. The summed E-state index contributed by atoms with van der Waals surface area (Å²) < 4.78 is 10.8. The van der Waals surface area contributed by atoms with E-state index in [1.54, 1.807) is 13.7 Å². The van der Waals surface area contributed by atoms with Crippen LogP contribution in [0.1, 0.15) is 83.7 Å². The highest BCUT2D eigenvalue weighted by atomic mass is 16.6. The quantitative estimate of drug-likeness (QED) is 0.0435. The number of benzene rings is 6. The molecule has 0 unspecified atom stereocenters. The van der Waals surface area contributed by atoms with Crippen molar-refractivity contribution in [2.75, 3.05) is 126 Å². The van der Waals surface area contributed by atoms with Crippen molar-refractivity contribution in [3.8, 4) is 17.1 Å². The molecule has 0 saturated carbocycles. The Morgan fingerprint density at radius 2 is 0.759 bits per heavy atom. The molecule has 29 heteroatoms. The number of morpholine rings is 1. The molecule has 5 aliphatic rings. The van der Waals surface area contributed by atoms with Gasteiger partial charge in [0.2, 0.25) is 34.1 Å². The van der Waals surface area contributed by atoms with Crippen LogP contribution in [-0.2, 0) is 57.8 Å². The van der Waals surface area contributed by atoms with Crippen LogP contribution in [0.5, 0.6) is 0 Å². The van der Waals surface area contributed by atoms with Gasteiger partial charge in [-0.05, 0) is 189 Å². The van der Waals surface area contributed by atoms with Gasteiger partial charge in [-0.3, -0.25) is 43.3 Å². The highest BCUT2D eigenvalue weighted by molar-refractivity contribution is 5.98. The molecule has 12 aromatic rings. The summed E-state index contributed by atoms with van der Waals surface area (Å²) in [5, 5.41) is 10.5. The zero-order chi connectivity index (χ0) is 77.5. The molecule has 572 valence electrons. The van der Waals surface area contributed by atoms with E-state index in [1.165, 1.54) is 91.9 Å². The Balaban J connectivity index is 0.000000133. The fourth-order valence-corrected chi connectivity index (χ4v) is 14.9. The molecule has 0 atom stereocenters. The van der Waals surface area contributed by atoms with Crippen molar-refractivity contribution in [1.82, 2.24) is 64.9 Å². The number of aryl methyl sites for hydroxylation is 6. The summed E-state index contributed by atoms with van der Waals surface area (Å²) in [6, 6.07) is 42.7. The van der Waals surface area contributed by atoms with E-state index in [0.29, 0.717) is 48.0 Å². The van der Waals surface area contributed by atoms with E-state index in [-0.39, 0.29) is 32.8 Å². The number of carbonyl (C=O) groups is 3. The molecular formula is C83H85N19O10. The smallest absolute Gasteiger partial charge is 0.280 e. The zero-order valence-corrected chi connectivity index (χ0v) is 63.0. The number of ether oxygens (including phenoxy) is 1. The lowest BCUT2D eigenvalue weighted by Gasteiger charge is -2.34. The second-order valence-corrected chi connectivity index (χ2v) is 28.2. The molecular weight excluding hydrogens is 1420 g/mol. The van der Waals surface area contributed by atoms with Crippen molar-refractivity contribution in [3.05, 3.63) is 245 Å². The van der Waals surface area contributed by atoms with E-state index in [0.717, 1.165) is 148 Å². The van der Waals surface area contributed by atoms with Crippen molar-refractivity contribution in [3.63, 3.8) is 0 Å². The summed E-state index contributed by atoms with van der Waals surface area (Å²) in [6.07, 6.45) is 18.5. The lowest BCUT2D eigenvalue weighted by atomic mass is 10.1. The standard InChI is InChI=1S/C29H31N7O3.C28H28N6O4.C26H26N6O3/c1-34-11-13-35(14-12-34)22-8-4-7-21(16-22)31-29-30-17-24-26(37)25(28(38)33-39-2)18-36(27(24)32-29)23-10-9-19-5-3-6-20(19)15-23;1-37-32-27(36)24-17-34(22-9-8-18-4-2-5-19(18)14-22)26-23(25(24)35)16-29-28(31-26)30-20-6-3-7-21(15-20)33-10-12-38-13-11-33;1-31(2)19-9-5-8-18(13-19)28-26-27-14-21-23(33)22(25(34)30-35-3)15-32(24(21)29-26)20-11-10-16-6-4-7-17(16)12-20/h4,7-10,15-18H,3,5-6,11-14H2,1-2H3,(H,33,38)(H,30,31,32);3,6-9,14-17H,2,4-5,10-13H2,1H3,(H,32,36)(H,29,30,31);5,8-15H,4,6-7H2,1-3H3,(H,30,34)(H,27,28,29). The molecule has 6 aromatic carbocycles. The number of hydrogen-bond acceptors (Lipinski definition) is 23. The first kappa shape index (κ1) is 74.7. The fourth-order valence-electron chi connectivity index (χ4n) is 14.9. The van der Waals surface area contributed by atoms with Crippen LogP contribution in [0, 0.1) is 0 Å². The van der Waals surface area contributed by atoms with Gasteiger partial charge in [0.25, 0.3) is 17.7 Å². The SMILES string of the molecule is CONC(=O)c1cn(-c2ccc3c(c2)CCC3)c2nc(Nc3cccc(N(C)C)c3)ncc2c1=O.CONC(=O)c1cn(-c2ccc3c(c2)CCC3)c2nc(Nc3cccc(N4CCN(C)CC4)c3)ncc2c1=O.CONC(=O)c1cn(-c2ccc3c(c2)CCC3)c2nc(Nc3cccc(N4CCOCC4)c3)ncc2c1=O. The highest BCUT2D eigenvalue weighted by Crippen LogP contribution is 2.32. The fraction of sp³-hybridized carbons (Fsp3) is 0.277. The third-order valence-electron chi connectivity index (χ3n) is 20.7. The number of aromatic nitrogens is 9. The van der Waals surface area contributed by atoms with E-state index in [9.17, 15) is 28.8 Å². The van der Waals surface area contributed by atoms with E-state index in [2.05, 4.69) is 129 Å². The number of rotatable bonds is 18. The maximum absolute atomic E-state index is 13.3. The summed E-state index contributed by atoms with van der Waals surface area (Å²) >= 11 is 0. The minimum atomic E-state index is -0.628. The number of piperazine rings is 1. The summed E-state index contributed by atoms with van der Waals surface area (Å²) in [6.45, 7) is 7.07. The van der Waals surface area contributed by atoms with Crippen LogP contribution in [0.15, 0.2) is 179 Å². The Bertz CT molecular complexity index is 5800. The van der Waals surface area contributed by atoms with Gasteiger partial charge in [0.05, 0.1) is 50.7 Å². The highest BCUT2D eigenvalue weighted by Gasteiger charge is 2.26. The number of pyridine rings is 3. The van der Waals surface area contributed by atoms with Gasteiger partial charge in [0, 0.05) is 142 Å². The number of anilines is 9. The molecule has 8 heterocycles. The van der Waals surface area contributed by atoms with Crippen molar-refractivity contribution in [2.45, 2.75) is 57.8 Å². The van der Waals surface area contributed by atoms with E-state index < -0.39 is 34.0 Å². The first-order chi connectivity index (χ1) is 54.5. The van der Waals surface area contributed by atoms with Crippen molar-refractivity contribution in [1.29, 1.82) is 0 Å². The maximum atomic E-state index is 13.3. The third-order valence-corrected chi connectivity index (χ3v) is 20.7. The summed E-state index contributed by atoms with van der Waals surface area (Å²) in [4.78, 5) is 128. The molecule has 112 heavy (non-hydrogen) atoms. The van der Waals surface area contributed by atoms with E-state index in [1.807, 2.05) is 91.8 Å². The lowest BCUT2D eigenvalue weighted by molar-refractivity contribution is 0.0532. The van der Waals surface area contributed by atoms with Gasteiger partial charge in [0.15, 0.2) is 16.9 Å². The van der Waals surface area contributed by atoms with E-state index in [4.69, 9.17) is 29.2 Å². The molecule has 2 saturated heterocycles. The average Bonchev–Trinajstić information content (AvgIpc) is 1.44. The van der Waals surface area contributed by atoms with Crippen LogP contribution in [0.4, 0.5) is 52.0 Å². The lowest BCUT2D eigenvalue weighted by Crippen LogP contribution is -2.44. The van der Waals surface area contributed by atoms with Gasteiger partial charge < -0.3 is 54.0 Å². The minimum Gasteiger partial charge on any atom is -0.378 e. The maximum Gasteiger partial charge on any atom is 0.280 e. The average molecular weight is 1510 g/mol. The number of amides is 3. The summed E-state index contributed by atoms with van der Waals surface area (Å²) in [7, 11) is 10.1. The summed E-state index contributed by atoms with van der Waals surface area (Å²) in [5.74, 6) is -0.825. The zero-order valence-electron chi connectivity index (χ0n) is 63.0. The second-order valence-electron chi connectivity index (χ2n) is 28.2. The Labute approximate surface area is 644 Å². The Hall–Kier alpha value is -12.8. The predicted molar refractivity (Wildman–Crippen MR) is 431 cm³/mol. The van der Waals surface area contributed by atoms with Gasteiger partial charge in [0.1, 0.15) is 16.7 Å². The second kappa shape index (κ2) is 33.2. The van der Waals surface area contributed by atoms with Crippen LogP contribution in [0.3, 0.4) is 0 Å². The number of hydroxylamine groups is 3. The normalized spacial score (nSPS) is 14.3. The number of nitrogens with one attached hydrogen (secondary N) is 6. The van der Waals surface area contributed by atoms with Gasteiger partial charge >= 0.3 is 0 Å². The van der Waals surface area contributed by atoms with Crippen LogP contribution >= 0.6 is 0 Å². The Morgan fingerprint density at radius 3 is 1.12 bits per heavy atom. The minimum absolute atomic E-state index is 0.0472. The number of fused-ring (bicyclic) bond motifs is 6. The largest absolute Gasteiger partial charge is 0.378 e. The van der Waals surface area contributed by atoms with Gasteiger partial charge in [-0.25, -0.2) is 31.4 Å². The Morgan fingerprint density at radius 1 is 0.411 bits per heavy atom. The van der Waals surface area contributed by atoms with Crippen LogP contribution in [0.25, 0.3) is 50.2 Å². The molecule has 0 spiro atoms. The van der Waals surface area contributed by atoms with Crippen LogP contribution in [0.2, 0.25) is 0 Å². The number of nitrogens with zero attached hydrogens (tertiary/aromatic N) is 13.